The normalized spacial score (nSPS) is 10.9. The molecule has 2 N–H and O–H groups in total. The van der Waals surface area contributed by atoms with Crippen LogP contribution in [-0.4, -0.2) is 25.8 Å². The summed E-state index contributed by atoms with van der Waals surface area (Å²) in [6.07, 6.45) is 2.71. The van der Waals surface area contributed by atoms with Crippen molar-refractivity contribution >= 4 is 17.1 Å². The van der Waals surface area contributed by atoms with Crippen molar-refractivity contribution in [2.45, 2.75) is 26.3 Å². The van der Waals surface area contributed by atoms with Gasteiger partial charge in [-0.25, -0.2) is 14.5 Å². The Morgan fingerprint density at radius 3 is 2.71 bits per heavy atom. The maximum Gasteiger partial charge on any atom is 0.413 e. The van der Waals surface area contributed by atoms with Crippen LogP contribution in [0.15, 0.2) is 60.8 Å². The Morgan fingerprint density at radius 2 is 1.93 bits per heavy atom. The molecule has 0 bridgehead atoms. The third-order valence-electron chi connectivity index (χ3n) is 4.36. The lowest BCUT2D eigenvalue weighted by Crippen LogP contribution is -2.27. The first-order chi connectivity index (χ1) is 13.7. The predicted octanol–water partition coefficient (Wildman–Crippen LogP) is 3.99. The molecule has 0 spiro atoms. The van der Waals surface area contributed by atoms with Crippen molar-refractivity contribution < 1.29 is 9.53 Å². The number of aromatic amines is 1. The predicted molar refractivity (Wildman–Crippen MR) is 107 cm³/mol. The molecule has 2 heterocycles. The largest absolute Gasteiger partial charge is 0.413 e. The molecule has 7 heteroatoms. The zero-order chi connectivity index (χ0) is 19.3. The molecule has 2 aromatic carbocycles. The Hall–Kier alpha value is -3.61. The summed E-state index contributed by atoms with van der Waals surface area (Å²) in [6.45, 7) is 2.33. The van der Waals surface area contributed by atoms with Crippen LogP contribution in [0, 0.1) is 0 Å². The van der Waals surface area contributed by atoms with E-state index in [0.29, 0.717) is 11.6 Å². The van der Waals surface area contributed by atoms with Gasteiger partial charge in [0.2, 0.25) is 0 Å². The van der Waals surface area contributed by atoms with Crippen LogP contribution in [-0.2, 0) is 13.0 Å². The lowest BCUT2D eigenvalue weighted by molar-refractivity contribution is 0.199. The third kappa shape index (κ3) is 3.73. The fourth-order valence-corrected chi connectivity index (χ4v) is 3.08. The van der Waals surface area contributed by atoms with Crippen LogP contribution in [0.3, 0.4) is 0 Å². The summed E-state index contributed by atoms with van der Waals surface area (Å²) >= 11 is 0. The van der Waals surface area contributed by atoms with Gasteiger partial charge >= 0.3 is 6.09 Å². The highest BCUT2D eigenvalue weighted by atomic mass is 16.6. The van der Waals surface area contributed by atoms with E-state index in [1.807, 2.05) is 59.3 Å². The first-order valence-corrected chi connectivity index (χ1v) is 9.26. The smallest absolute Gasteiger partial charge is 0.407 e. The minimum atomic E-state index is -0.537. The number of fused-ring (bicyclic) bond motifs is 1. The van der Waals surface area contributed by atoms with Crippen LogP contribution >= 0.6 is 0 Å². The first kappa shape index (κ1) is 17.8. The number of rotatable bonds is 6. The van der Waals surface area contributed by atoms with Gasteiger partial charge in [0.15, 0.2) is 5.75 Å². The highest BCUT2D eigenvalue weighted by molar-refractivity contribution is 5.75. The SMILES string of the molecule is CCCc1c(OC(=O)NCc2nc3ccccc3[nH]2)cnn1-c1ccccc1. The van der Waals surface area contributed by atoms with Gasteiger partial charge in [-0.15, -0.1) is 0 Å². The van der Waals surface area contributed by atoms with E-state index in [1.165, 1.54) is 0 Å². The van der Waals surface area contributed by atoms with Gasteiger partial charge in [-0.1, -0.05) is 43.7 Å². The molecule has 28 heavy (non-hydrogen) atoms. The second kappa shape index (κ2) is 7.96. The second-order valence-electron chi connectivity index (χ2n) is 6.40. The van der Waals surface area contributed by atoms with Crippen molar-refractivity contribution in [3.63, 3.8) is 0 Å². The van der Waals surface area contributed by atoms with Crippen molar-refractivity contribution in [2.24, 2.45) is 0 Å². The second-order valence-corrected chi connectivity index (χ2v) is 6.40. The number of ether oxygens (including phenoxy) is 1. The fourth-order valence-electron chi connectivity index (χ4n) is 3.08. The van der Waals surface area contributed by atoms with Gasteiger partial charge in [0.1, 0.15) is 5.82 Å². The van der Waals surface area contributed by atoms with Gasteiger partial charge in [0, 0.05) is 0 Å². The van der Waals surface area contributed by atoms with Crippen LogP contribution in [0.4, 0.5) is 4.79 Å². The zero-order valence-electron chi connectivity index (χ0n) is 15.6. The summed E-state index contributed by atoms with van der Waals surface area (Å²) in [6, 6.07) is 17.5. The summed E-state index contributed by atoms with van der Waals surface area (Å²) in [5.41, 5.74) is 3.60. The number of carbonyl (C=O) groups excluding carboxylic acids is 1. The summed E-state index contributed by atoms with van der Waals surface area (Å²) < 4.78 is 7.33. The molecule has 4 rings (SSSR count). The molecule has 0 saturated carbocycles. The number of carbonyl (C=O) groups is 1. The molecule has 2 aromatic heterocycles. The van der Waals surface area contributed by atoms with E-state index in [9.17, 15) is 4.79 Å². The number of nitrogens with zero attached hydrogens (tertiary/aromatic N) is 3. The molecule has 4 aromatic rings. The molecular weight excluding hydrogens is 354 g/mol. The molecular formula is C21H21N5O2. The summed E-state index contributed by atoms with van der Waals surface area (Å²) in [7, 11) is 0. The number of imidazole rings is 1. The molecule has 0 unspecified atom stereocenters. The standard InChI is InChI=1S/C21H21N5O2/c1-2-8-18-19(13-23-26(18)15-9-4-3-5-10-15)28-21(27)22-14-20-24-16-11-6-7-12-17(16)25-20/h3-7,9-13H,2,8,14H2,1H3,(H,22,27)(H,24,25). The number of nitrogens with one attached hydrogen (secondary N) is 2. The third-order valence-corrected chi connectivity index (χ3v) is 4.36. The molecule has 0 saturated heterocycles. The highest BCUT2D eigenvalue weighted by Gasteiger charge is 2.16. The minimum absolute atomic E-state index is 0.253. The van der Waals surface area contributed by atoms with Crippen LogP contribution in [0.2, 0.25) is 0 Å². The number of hydrogen-bond donors (Lipinski definition) is 2. The molecule has 0 aliphatic rings. The maximum atomic E-state index is 12.3. The van der Waals surface area contributed by atoms with Crippen LogP contribution < -0.4 is 10.1 Å². The van der Waals surface area contributed by atoms with Gasteiger partial charge in [-0.3, -0.25) is 0 Å². The van der Waals surface area contributed by atoms with Gasteiger partial charge < -0.3 is 15.0 Å². The Kier molecular flexibility index (Phi) is 5.05. The van der Waals surface area contributed by atoms with E-state index in [2.05, 4.69) is 27.3 Å². The van der Waals surface area contributed by atoms with Gasteiger partial charge in [-0.05, 0) is 30.7 Å². The van der Waals surface area contributed by atoms with E-state index in [-0.39, 0.29) is 6.54 Å². The summed E-state index contributed by atoms with van der Waals surface area (Å²) in [5.74, 6) is 1.14. The Balaban J connectivity index is 1.46. The number of hydrogen-bond acceptors (Lipinski definition) is 4. The van der Waals surface area contributed by atoms with Crippen LogP contribution in [0.1, 0.15) is 24.9 Å². The molecule has 142 valence electrons. The lowest BCUT2D eigenvalue weighted by Gasteiger charge is -2.09. The molecule has 1 amide bonds. The Labute approximate surface area is 162 Å². The van der Waals surface area contributed by atoms with E-state index < -0.39 is 6.09 Å². The molecule has 0 aliphatic carbocycles. The van der Waals surface area contributed by atoms with Crippen molar-refractivity contribution in [3.8, 4) is 11.4 Å². The summed E-state index contributed by atoms with van der Waals surface area (Å²) in [5, 5.41) is 7.13. The number of benzene rings is 2. The highest BCUT2D eigenvalue weighted by Crippen LogP contribution is 2.23. The van der Waals surface area contributed by atoms with Crippen molar-refractivity contribution in [1.82, 2.24) is 25.1 Å². The topological polar surface area (TPSA) is 84.8 Å². The van der Waals surface area contributed by atoms with Crippen molar-refractivity contribution in [2.75, 3.05) is 0 Å². The van der Waals surface area contributed by atoms with Gasteiger partial charge in [0.25, 0.3) is 0 Å². The minimum Gasteiger partial charge on any atom is -0.407 e. The average Bonchev–Trinajstić information content (AvgIpc) is 3.31. The van der Waals surface area contributed by atoms with E-state index >= 15 is 0 Å². The van der Waals surface area contributed by atoms with Crippen molar-refractivity contribution in [3.05, 3.63) is 72.3 Å². The Bertz CT molecular complexity index is 1050. The monoisotopic (exact) mass is 375 g/mol. The maximum absolute atomic E-state index is 12.3. The number of aromatic nitrogens is 4. The zero-order valence-corrected chi connectivity index (χ0v) is 15.6. The van der Waals surface area contributed by atoms with Crippen LogP contribution in [0.25, 0.3) is 16.7 Å². The quantitative estimate of drug-likeness (QED) is 0.534. The molecule has 0 aliphatic heterocycles. The molecule has 7 nitrogen and oxygen atoms in total. The van der Waals surface area contributed by atoms with E-state index in [4.69, 9.17) is 4.74 Å². The van der Waals surface area contributed by atoms with Crippen molar-refractivity contribution in [1.29, 1.82) is 0 Å². The van der Waals surface area contributed by atoms with Crippen LogP contribution in [0.5, 0.6) is 5.75 Å². The van der Waals surface area contributed by atoms with E-state index in [0.717, 1.165) is 35.3 Å². The average molecular weight is 375 g/mol. The number of para-hydroxylation sites is 3. The Morgan fingerprint density at radius 1 is 1.14 bits per heavy atom. The number of H-pyrrole nitrogens is 1. The molecule has 0 atom stereocenters. The lowest BCUT2D eigenvalue weighted by atomic mass is 10.2. The molecule has 0 radical (unpaired) electrons. The van der Waals surface area contributed by atoms with Gasteiger partial charge in [0.05, 0.1) is 35.2 Å². The molecule has 0 fully saturated rings. The van der Waals surface area contributed by atoms with Gasteiger partial charge in [-0.2, -0.15) is 5.10 Å². The van der Waals surface area contributed by atoms with E-state index in [1.54, 1.807) is 6.20 Å². The summed E-state index contributed by atoms with van der Waals surface area (Å²) in [4.78, 5) is 19.9. The fraction of sp³-hybridized carbons (Fsp3) is 0.190. The first-order valence-electron chi connectivity index (χ1n) is 9.26. The number of amides is 1.